The second kappa shape index (κ2) is 4.70. The van der Waals surface area contributed by atoms with Crippen LogP contribution >= 0.6 is 0 Å². The maximum atomic E-state index is 5.72. The van der Waals surface area contributed by atoms with Crippen LogP contribution in [0.2, 0.25) is 0 Å². The fourth-order valence-corrected chi connectivity index (χ4v) is 1.38. The van der Waals surface area contributed by atoms with Crippen molar-refractivity contribution < 1.29 is 4.74 Å². The van der Waals surface area contributed by atoms with Gasteiger partial charge in [0.1, 0.15) is 5.75 Å². The molecule has 0 radical (unpaired) electrons. The number of rotatable bonds is 4. The fourth-order valence-electron chi connectivity index (χ4n) is 1.38. The predicted octanol–water partition coefficient (Wildman–Crippen LogP) is 3.09. The molecule has 0 saturated heterocycles. The van der Waals surface area contributed by atoms with Gasteiger partial charge in [-0.25, -0.2) is 0 Å². The lowest BCUT2D eigenvalue weighted by Crippen LogP contribution is -1.93. The third kappa shape index (κ3) is 2.28. The lowest BCUT2D eigenvalue weighted by Gasteiger charge is -2.08. The van der Waals surface area contributed by atoms with Gasteiger partial charge in [0.05, 0.1) is 12.8 Å². The van der Waals surface area contributed by atoms with E-state index in [2.05, 4.69) is 13.5 Å². The molecule has 0 saturated carbocycles. The predicted molar refractivity (Wildman–Crippen MR) is 61.3 cm³/mol. The van der Waals surface area contributed by atoms with Crippen molar-refractivity contribution in [1.29, 1.82) is 0 Å². The topological polar surface area (TPSA) is 35.2 Å². The molecule has 0 amide bonds. The molecule has 0 aliphatic rings. The van der Waals surface area contributed by atoms with Gasteiger partial charge in [0, 0.05) is 0 Å². The molecular weight excluding hydrogens is 174 g/mol. The molecule has 1 aromatic rings. The number of hydrogen-bond acceptors (Lipinski definition) is 2. The molecule has 1 aromatic carbocycles. The number of nitrogen functional groups attached to an aromatic ring is 1. The highest BCUT2D eigenvalue weighted by Crippen LogP contribution is 2.27. The molecular formula is C12H17NO. The normalized spacial score (nSPS) is 9.86. The van der Waals surface area contributed by atoms with E-state index in [-0.39, 0.29) is 0 Å². The van der Waals surface area contributed by atoms with Crippen LogP contribution in [-0.4, -0.2) is 7.11 Å². The second-order valence-electron chi connectivity index (χ2n) is 3.31. The largest absolute Gasteiger partial charge is 0.495 e. The van der Waals surface area contributed by atoms with E-state index in [1.165, 1.54) is 0 Å². The Morgan fingerprint density at radius 2 is 2.21 bits per heavy atom. The maximum absolute atomic E-state index is 5.72. The molecule has 2 nitrogen and oxygen atoms in total. The van der Waals surface area contributed by atoms with Crippen LogP contribution in [0.4, 0.5) is 5.69 Å². The summed E-state index contributed by atoms with van der Waals surface area (Å²) in [5, 5.41) is 0. The Hall–Kier alpha value is -1.44. The number of ether oxygens (including phenoxy) is 1. The molecule has 0 fully saturated rings. The molecule has 0 bridgehead atoms. The number of benzene rings is 1. The van der Waals surface area contributed by atoms with E-state index in [9.17, 15) is 0 Å². The molecule has 2 N–H and O–H groups in total. The van der Waals surface area contributed by atoms with Crippen molar-refractivity contribution in [3.63, 3.8) is 0 Å². The summed E-state index contributed by atoms with van der Waals surface area (Å²) < 4.78 is 5.15. The lowest BCUT2D eigenvalue weighted by molar-refractivity contribution is 0.417. The summed E-state index contributed by atoms with van der Waals surface area (Å²) in [6.45, 7) is 6.16. The number of anilines is 1. The van der Waals surface area contributed by atoms with Crippen molar-refractivity contribution in [2.75, 3.05) is 12.8 Å². The van der Waals surface area contributed by atoms with Gasteiger partial charge in [-0.15, -0.1) is 0 Å². The van der Waals surface area contributed by atoms with Crippen molar-refractivity contribution in [2.24, 2.45) is 0 Å². The Morgan fingerprint density at radius 1 is 1.50 bits per heavy atom. The van der Waals surface area contributed by atoms with E-state index in [0.29, 0.717) is 5.69 Å². The number of allylic oxidation sites excluding steroid dienone is 1. The summed E-state index contributed by atoms with van der Waals surface area (Å²) >= 11 is 0. The second-order valence-corrected chi connectivity index (χ2v) is 3.31. The maximum Gasteiger partial charge on any atom is 0.142 e. The Morgan fingerprint density at radius 3 is 2.79 bits per heavy atom. The van der Waals surface area contributed by atoms with Crippen LogP contribution in [0.3, 0.4) is 0 Å². The highest BCUT2D eigenvalue weighted by molar-refractivity contribution is 5.68. The summed E-state index contributed by atoms with van der Waals surface area (Å²) in [7, 11) is 1.62. The monoisotopic (exact) mass is 191 g/mol. The summed E-state index contributed by atoms with van der Waals surface area (Å²) in [5.74, 6) is 0.722. The Bertz CT molecular complexity index is 331. The highest BCUT2D eigenvalue weighted by atomic mass is 16.5. The summed E-state index contributed by atoms with van der Waals surface area (Å²) in [6, 6.07) is 5.78. The fraction of sp³-hybridized carbons (Fsp3) is 0.333. The smallest absolute Gasteiger partial charge is 0.142 e. The van der Waals surface area contributed by atoms with Crippen molar-refractivity contribution in [3.05, 3.63) is 30.3 Å². The Labute approximate surface area is 85.4 Å². The molecule has 1 rings (SSSR count). The average molecular weight is 191 g/mol. The minimum Gasteiger partial charge on any atom is -0.495 e. The van der Waals surface area contributed by atoms with Gasteiger partial charge in [-0.05, 0) is 29.7 Å². The van der Waals surface area contributed by atoms with E-state index in [1.807, 2.05) is 18.2 Å². The molecule has 2 heteroatoms. The van der Waals surface area contributed by atoms with Crippen molar-refractivity contribution in [3.8, 4) is 5.75 Å². The number of methoxy groups -OCH3 is 1. The first kappa shape index (κ1) is 10.6. The van der Waals surface area contributed by atoms with Gasteiger partial charge in [-0.1, -0.05) is 26.0 Å². The van der Waals surface area contributed by atoms with Gasteiger partial charge < -0.3 is 10.5 Å². The average Bonchev–Trinajstić information content (AvgIpc) is 2.19. The molecule has 0 aromatic heterocycles. The third-order valence-electron chi connectivity index (χ3n) is 2.19. The van der Waals surface area contributed by atoms with Gasteiger partial charge in [0.25, 0.3) is 0 Å². The van der Waals surface area contributed by atoms with Crippen molar-refractivity contribution in [2.45, 2.75) is 19.8 Å². The van der Waals surface area contributed by atoms with E-state index >= 15 is 0 Å². The Balaban J connectivity index is 2.94. The summed E-state index contributed by atoms with van der Waals surface area (Å²) in [4.78, 5) is 0. The summed E-state index contributed by atoms with van der Waals surface area (Å²) in [5.41, 5.74) is 8.63. The van der Waals surface area contributed by atoms with Crippen LogP contribution in [-0.2, 0) is 0 Å². The zero-order valence-electron chi connectivity index (χ0n) is 8.84. The Kier molecular flexibility index (Phi) is 3.57. The van der Waals surface area contributed by atoms with Crippen LogP contribution in [0.15, 0.2) is 24.8 Å². The molecule has 0 spiro atoms. The zero-order valence-corrected chi connectivity index (χ0v) is 8.84. The quantitative estimate of drug-likeness (QED) is 0.742. The minimum atomic E-state index is 0.667. The van der Waals surface area contributed by atoms with Gasteiger partial charge >= 0.3 is 0 Å². The molecule has 0 heterocycles. The van der Waals surface area contributed by atoms with E-state index in [4.69, 9.17) is 10.5 Å². The minimum absolute atomic E-state index is 0.667. The van der Waals surface area contributed by atoms with E-state index in [0.717, 1.165) is 29.7 Å². The standard InChI is InChI=1S/C12H17NO/c1-4-5-9(2)10-6-7-11(13)12(8-10)14-3/h6-8H,2,4-5,13H2,1,3H3. The van der Waals surface area contributed by atoms with E-state index in [1.54, 1.807) is 7.11 Å². The molecule has 0 atom stereocenters. The first-order valence-corrected chi connectivity index (χ1v) is 4.80. The van der Waals surface area contributed by atoms with Crippen LogP contribution < -0.4 is 10.5 Å². The molecule has 0 aliphatic heterocycles. The van der Waals surface area contributed by atoms with Crippen LogP contribution in [0, 0.1) is 0 Å². The molecule has 14 heavy (non-hydrogen) atoms. The van der Waals surface area contributed by atoms with Crippen molar-refractivity contribution >= 4 is 11.3 Å². The van der Waals surface area contributed by atoms with Gasteiger partial charge in [0.15, 0.2) is 0 Å². The number of nitrogens with two attached hydrogens (primary N) is 1. The lowest BCUT2D eigenvalue weighted by atomic mass is 10.0. The SMILES string of the molecule is C=C(CCC)c1ccc(N)c(OC)c1. The first-order valence-electron chi connectivity index (χ1n) is 4.80. The highest BCUT2D eigenvalue weighted by Gasteiger charge is 2.03. The van der Waals surface area contributed by atoms with Gasteiger partial charge in [-0.2, -0.15) is 0 Å². The van der Waals surface area contributed by atoms with Gasteiger partial charge in [-0.3, -0.25) is 0 Å². The molecule has 0 aliphatic carbocycles. The molecule has 0 unspecified atom stereocenters. The third-order valence-corrected chi connectivity index (χ3v) is 2.19. The van der Waals surface area contributed by atoms with Crippen LogP contribution in [0.25, 0.3) is 5.57 Å². The molecule has 76 valence electrons. The van der Waals surface area contributed by atoms with Crippen LogP contribution in [0.1, 0.15) is 25.3 Å². The summed E-state index contributed by atoms with van der Waals surface area (Å²) in [6.07, 6.45) is 2.11. The van der Waals surface area contributed by atoms with E-state index < -0.39 is 0 Å². The zero-order chi connectivity index (χ0) is 10.6. The number of hydrogen-bond donors (Lipinski definition) is 1. The van der Waals surface area contributed by atoms with Crippen LogP contribution in [0.5, 0.6) is 5.75 Å². The van der Waals surface area contributed by atoms with Crippen molar-refractivity contribution in [1.82, 2.24) is 0 Å². The van der Waals surface area contributed by atoms with Gasteiger partial charge in [0.2, 0.25) is 0 Å². The first-order chi connectivity index (χ1) is 6.69.